The number of aromatic nitrogens is 3. The minimum atomic E-state index is 0.401. The Kier molecular flexibility index (Phi) is 4.08. The summed E-state index contributed by atoms with van der Waals surface area (Å²) in [5.41, 5.74) is 3.38. The molecule has 0 saturated heterocycles. The van der Waals surface area contributed by atoms with E-state index in [0.717, 1.165) is 28.8 Å². The number of hydrogen-bond donors (Lipinski definition) is 1. The van der Waals surface area contributed by atoms with Crippen molar-refractivity contribution in [2.24, 2.45) is 0 Å². The number of rotatable bonds is 3. The highest BCUT2D eigenvalue weighted by Gasteiger charge is 2.21. The summed E-state index contributed by atoms with van der Waals surface area (Å²) >= 11 is 3.44. The van der Waals surface area contributed by atoms with E-state index in [9.17, 15) is 0 Å². The topological polar surface area (TPSA) is 50.7 Å². The molecule has 0 saturated carbocycles. The standard InChI is InChI=1S/C15H17BrN4/c1-2-18-13-4-3-5-14-12(13)9-19-15(20-14)10-6-11(16)8-17-7-10/h6-9,13,18H,2-5H2,1H3. The molecule has 1 N–H and O–H groups in total. The summed E-state index contributed by atoms with van der Waals surface area (Å²) in [6.07, 6.45) is 8.93. The van der Waals surface area contributed by atoms with Crippen molar-refractivity contribution >= 4 is 15.9 Å². The van der Waals surface area contributed by atoms with Crippen LogP contribution < -0.4 is 5.32 Å². The van der Waals surface area contributed by atoms with Gasteiger partial charge in [0.25, 0.3) is 0 Å². The Morgan fingerprint density at radius 3 is 3.05 bits per heavy atom. The summed E-state index contributed by atoms with van der Waals surface area (Å²) < 4.78 is 0.946. The van der Waals surface area contributed by atoms with Crippen LogP contribution in [-0.2, 0) is 6.42 Å². The van der Waals surface area contributed by atoms with Crippen LogP contribution in [0.25, 0.3) is 11.4 Å². The van der Waals surface area contributed by atoms with Crippen molar-refractivity contribution in [2.45, 2.75) is 32.2 Å². The van der Waals surface area contributed by atoms with Crippen LogP contribution in [0, 0.1) is 0 Å². The van der Waals surface area contributed by atoms with Gasteiger partial charge in [0.2, 0.25) is 0 Å². The Labute approximate surface area is 127 Å². The van der Waals surface area contributed by atoms with Crippen LogP contribution in [0.5, 0.6) is 0 Å². The summed E-state index contributed by atoms with van der Waals surface area (Å²) in [6, 6.07) is 2.40. The molecule has 5 heteroatoms. The highest BCUT2D eigenvalue weighted by molar-refractivity contribution is 9.10. The number of nitrogens with one attached hydrogen (secondary N) is 1. The number of fused-ring (bicyclic) bond motifs is 1. The fourth-order valence-electron chi connectivity index (χ4n) is 2.68. The predicted molar refractivity (Wildman–Crippen MR) is 82.3 cm³/mol. The molecule has 0 aromatic carbocycles. The number of pyridine rings is 1. The van der Waals surface area contributed by atoms with E-state index in [-0.39, 0.29) is 0 Å². The summed E-state index contributed by atoms with van der Waals surface area (Å²) in [5.74, 6) is 0.759. The summed E-state index contributed by atoms with van der Waals surface area (Å²) in [4.78, 5) is 13.4. The van der Waals surface area contributed by atoms with Crippen molar-refractivity contribution < 1.29 is 0 Å². The molecular weight excluding hydrogens is 316 g/mol. The van der Waals surface area contributed by atoms with Crippen molar-refractivity contribution in [3.8, 4) is 11.4 Å². The smallest absolute Gasteiger partial charge is 0.160 e. The van der Waals surface area contributed by atoms with E-state index in [0.29, 0.717) is 6.04 Å². The molecule has 1 atom stereocenters. The first-order valence-electron chi connectivity index (χ1n) is 6.98. The molecule has 0 aliphatic heterocycles. The molecule has 2 aromatic heterocycles. The van der Waals surface area contributed by atoms with Crippen LogP contribution in [-0.4, -0.2) is 21.5 Å². The third kappa shape index (κ3) is 2.74. The van der Waals surface area contributed by atoms with E-state index < -0.39 is 0 Å². The van der Waals surface area contributed by atoms with Crippen molar-refractivity contribution in [3.63, 3.8) is 0 Å². The molecule has 3 rings (SSSR count). The average molecular weight is 333 g/mol. The third-order valence-electron chi connectivity index (χ3n) is 3.60. The lowest BCUT2D eigenvalue weighted by Gasteiger charge is -2.25. The lowest BCUT2D eigenvalue weighted by Crippen LogP contribution is -2.25. The maximum Gasteiger partial charge on any atom is 0.160 e. The van der Waals surface area contributed by atoms with Gasteiger partial charge in [-0.05, 0) is 47.8 Å². The quantitative estimate of drug-likeness (QED) is 0.936. The lowest BCUT2D eigenvalue weighted by molar-refractivity contribution is 0.464. The van der Waals surface area contributed by atoms with Gasteiger partial charge >= 0.3 is 0 Å². The minimum absolute atomic E-state index is 0.401. The van der Waals surface area contributed by atoms with E-state index in [2.05, 4.69) is 38.1 Å². The van der Waals surface area contributed by atoms with Crippen LogP contribution >= 0.6 is 15.9 Å². The molecule has 4 nitrogen and oxygen atoms in total. The fraction of sp³-hybridized carbons (Fsp3) is 0.400. The second-order valence-electron chi connectivity index (χ2n) is 4.99. The van der Waals surface area contributed by atoms with Crippen molar-refractivity contribution in [2.75, 3.05) is 6.54 Å². The molecule has 104 valence electrons. The minimum Gasteiger partial charge on any atom is -0.310 e. The van der Waals surface area contributed by atoms with Crippen LogP contribution in [0.3, 0.4) is 0 Å². The van der Waals surface area contributed by atoms with Gasteiger partial charge in [0.1, 0.15) is 0 Å². The predicted octanol–water partition coefficient (Wildman–Crippen LogP) is 3.29. The maximum absolute atomic E-state index is 4.75. The zero-order valence-electron chi connectivity index (χ0n) is 11.4. The number of aryl methyl sites for hydroxylation is 1. The van der Waals surface area contributed by atoms with E-state index >= 15 is 0 Å². The van der Waals surface area contributed by atoms with Gasteiger partial charge in [-0.1, -0.05) is 6.92 Å². The van der Waals surface area contributed by atoms with Gasteiger partial charge in [-0.2, -0.15) is 0 Å². The Hall–Kier alpha value is -1.33. The largest absolute Gasteiger partial charge is 0.310 e. The first-order valence-corrected chi connectivity index (χ1v) is 7.77. The summed E-state index contributed by atoms with van der Waals surface area (Å²) in [6.45, 7) is 3.11. The van der Waals surface area contributed by atoms with Gasteiger partial charge < -0.3 is 5.32 Å². The van der Waals surface area contributed by atoms with Gasteiger partial charge in [-0.3, -0.25) is 4.98 Å². The molecule has 1 unspecified atom stereocenters. The van der Waals surface area contributed by atoms with Crippen LogP contribution in [0.15, 0.2) is 29.1 Å². The molecule has 1 aliphatic carbocycles. The third-order valence-corrected chi connectivity index (χ3v) is 4.03. The van der Waals surface area contributed by atoms with Crippen molar-refractivity contribution in [1.29, 1.82) is 0 Å². The normalized spacial score (nSPS) is 17.8. The molecule has 0 amide bonds. The Balaban J connectivity index is 1.97. The number of hydrogen-bond acceptors (Lipinski definition) is 4. The Morgan fingerprint density at radius 2 is 2.25 bits per heavy atom. The van der Waals surface area contributed by atoms with Crippen molar-refractivity contribution in [3.05, 3.63) is 40.4 Å². The zero-order valence-corrected chi connectivity index (χ0v) is 13.0. The SMILES string of the molecule is CCNC1CCCc2nc(-c3cncc(Br)c3)ncc21. The van der Waals surface area contributed by atoms with Crippen LogP contribution in [0.2, 0.25) is 0 Å². The molecule has 0 bridgehead atoms. The van der Waals surface area contributed by atoms with Gasteiger partial charge in [-0.15, -0.1) is 0 Å². The second kappa shape index (κ2) is 5.97. The molecule has 2 heterocycles. The Bertz CT molecular complexity index is 615. The van der Waals surface area contributed by atoms with Crippen molar-refractivity contribution in [1.82, 2.24) is 20.3 Å². The highest BCUT2D eigenvalue weighted by atomic mass is 79.9. The van der Waals surface area contributed by atoms with E-state index in [4.69, 9.17) is 4.98 Å². The second-order valence-corrected chi connectivity index (χ2v) is 5.91. The van der Waals surface area contributed by atoms with Gasteiger partial charge in [0.05, 0.1) is 0 Å². The molecular formula is C15H17BrN4. The highest BCUT2D eigenvalue weighted by Crippen LogP contribution is 2.29. The molecule has 1 aliphatic rings. The van der Waals surface area contributed by atoms with E-state index in [1.54, 1.807) is 12.4 Å². The molecule has 2 aromatic rings. The van der Waals surface area contributed by atoms with Crippen LogP contribution in [0.1, 0.15) is 37.1 Å². The fourth-order valence-corrected chi connectivity index (χ4v) is 3.04. The van der Waals surface area contributed by atoms with E-state index in [1.165, 1.54) is 24.1 Å². The van der Waals surface area contributed by atoms with Gasteiger partial charge in [-0.25, -0.2) is 9.97 Å². The van der Waals surface area contributed by atoms with E-state index in [1.807, 2.05) is 12.3 Å². The first kappa shape index (κ1) is 13.6. The molecule has 0 fully saturated rings. The maximum atomic E-state index is 4.75. The summed E-state index contributed by atoms with van der Waals surface area (Å²) in [5, 5.41) is 3.51. The first-order chi connectivity index (χ1) is 9.78. The summed E-state index contributed by atoms with van der Waals surface area (Å²) in [7, 11) is 0. The molecule has 0 spiro atoms. The average Bonchev–Trinajstić information content (AvgIpc) is 2.47. The molecule has 0 radical (unpaired) electrons. The zero-order chi connectivity index (χ0) is 13.9. The monoisotopic (exact) mass is 332 g/mol. The molecule has 20 heavy (non-hydrogen) atoms. The van der Waals surface area contributed by atoms with Gasteiger partial charge in [0.15, 0.2) is 5.82 Å². The van der Waals surface area contributed by atoms with Gasteiger partial charge in [0, 0.05) is 45.9 Å². The number of halogens is 1. The Morgan fingerprint density at radius 1 is 1.35 bits per heavy atom. The number of nitrogens with zero attached hydrogens (tertiary/aromatic N) is 3. The lowest BCUT2D eigenvalue weighted by atomic mass is 9.92. The van der Waals surface area contributed by atoms with Crippen LogP contribution in [0.4, 0.5) is 0 Å².